The summed E-state index contributed by atoms with van der Waals surface area (Å²) in [5, 5.41) is 4.65. The van der Waals surface area contributed by atoms with Gasteiger partial charge in [0.1, 0.15) is 16.8 Å². The van der Waals surface area contributed by atoms with Crippen LogP contribution in [0.5, 0.6) is 0 Å². The van der Waals surface area contributed by atoms with Crippen molar-refractivity contribution >= 4 is 22.6 Å². The van der Waals surface area contributed by atoms with Crippen LogP contribution in [0.15, 0.2) is 51.2 Å². The quantitative estimate of drug-likeness (QED) is 0.419. The molecule has 0 atom stereocenters. The summed E-state index contributed by atoms with van der Waals surface area (Å²) in [6, 6.07) is 6.62. The molecule has 3 heterocycles. The Labute approximate surface area is 196 Å². The second-order valence-electron chi connectivity index (χ2n) is 8.31. The SMILES string of the molecule is CCCCCn1c2c(c(=O)n(CCCc3cnn(Cc4ccccc4F)c3)c1=O)CC(Cl)=N2. The summed E-state index contributed by atoms with van der Waals surface area (Å²) in [7, 11) is 0. The van der Waals surface area contributed by atoms with Gasteiger partial charge in [-0.05, 0) is 30.9 Å². The van der Waals surface area contributed by atoms with E-state index in [0.717, 1.165) is 24.8 Å². The third kappa shape index (κ3) is 5.16. The maximum atomic E-state index is 13.9. The lowest BCUT2D eigenvalue weighted by atomic mass is 10.2. The molecule has 3 aromatic rings. The van der Waals surface area contributed by atoms with E-state index in [4.69, 9.17) is 11.6 Å². The number of aliphatic imine (C=N–C) groups is 1. The third-order valence-electron chi connectivity index (χ3n) is 5.85. The minimum absolute atomic E-state index is 0.259. The van der Waals surface area contributed by atoms with Gasteiger partial charge >= 0.3 is 5.69 Å². The maximum absolute atomic E-state index is 13.9. The molecule has 0 N–H and O–H groups in total. The van der Waals surface area contributed by atoms with Crippen molar-refractivity contribution in [2.75, 3.05) is 0 Å². The number of nitrogens with zero attached hydrogens (tertiary/aromatic N) is 5. The van der Waals surface area contributed by atoms with Gasteiger partial charge in [0, 0.05) is 31.3 Å². The van der Waals surface area contributed by atoms with Crippen LogP contribution in [0.4, 0.5) is 10.2 Å². The first-order valence-corrected chi connectivity index (χ1v) is 11.7. The Balaban J connectivity index is 1.46. The molecular weight excluding hydrogens is 445 g/mol. The van der Waals surface area contributed by atoms with Gasteiger partial charge in [0.2, 0.25) is 0 Å². The number of benzene rings is 1. The lowest BCUT2D eigenvalue weighted by molar-refractivity contribution is 0.513. The van der Waals surface area contributed by atoms with E-state index in [1.54, 1.807) is 33.6 Å². The molecule has 0 spiro atoms. The van der Waals surface area contributed by atoms with Crippen molar-refractivity contribution < 1.29 is 4.39 Å². The van der Waals surface area contributed by atoms with E-state index in [0.29, 0.717) is 54.6 Å². The molecule has 4 rings (SSSR count). The first-order valence-electron chi connectivity index (χ1n) is 11.3. The van der Waals surface area contributed by atoms with Crippen molar-refractivity contribution in [1.29, 1.82) is 0 Å². The molecule has 0 radical (unpaired) electrons. The first kappa shape index (κ1) is 23.2. The standard InChI is InChI=1S/C24H27ClFN5O2/c1-2-3-6-11-30-22-19(13-21(25)28-22)23(32)31(24(30)33)12-7-8-17-14-27-29(15-17)16-18-9-4-5-10-20(18)26/h4-5,9-10,14-15H,2-3,6-8,11-13,16H2,1H3. The van der Waals surface area contributed by atoms with Crippen molar-refractivity contribution in [3.05, 3.63) is 80.0 Å². The van der Waals surface area contributed by atoms with E-state index in [-0.39, 0.29) is 23.5 Å². The molecule has 33 heavy (non-hydrogen) atoms. The van der Waals surface area contributed by atoms with Crippen LogP contribution >= 0.6 is 11.6 Å². The highest BCUT2D eigenvalue weighted by atomic mass is 35.5. The average molecular weight is 472 g/mol. The highest BCUT2D eigenvalue weighted by Crippen LogP contribution is 2.24. The number of hydrogen-bond donors (Lipinski definition) is 0. The second-order valence-corrected chi connectivity index (χ2v) is 8.74. The van der Waals surface area contributed by atoms with E-state index >= 15 is 0 Å². The van der Waals surface area contributed by atoms with Crippen molar-refractivity contribution in [3.8, 4) is 0 Å². The van der Waals surface area contributed by atoms with Crippen molar-refractivity contribution in [2.45, 2.75) is 65.1 Å². The first-order chi connectivity index (χ1) is 16.0. The van der Waals surface area contributed by atoms with Crippen LogP contribution in [0.25, 0.3) is 0 Å². The summed E-state index contributed by atoms with van der Waals surface area (Å²) in [5.74, 6) is 0.154. The summed E-state index contributed by atoms with van der Waals surface area (Å²) in [5.41, 5.74) is 1.39. The van der Waals surface area contributed by atoms with Crippen LogP contribution < -0.4 is 11.2 Å². The summed E-state index contributed by atoms with van der Waals surface area (Å²) in [4.78, 5) is 30.3. The van der Waals surface area contributed by atoms with Crippen LogP contribution in [0.3, 0.4) is 0 Å². The average Bonchev–Trinajstić information content (AvgIpc) is 3.41. The fraction of sp³-hybridized carbons (Fsp3) is 0.417. The van der Waals surface area contributed by atoms with Gasteiger partial charge in [-0.3, -0.25) is 18.6 Å². The van der Waals surface area contributed by atoms with Crippen molar-refractivity contribution in [2.24, 2.45) is 4.99 Å². The molecule has 0 saturated carbocycles. The lowest BCUT2D eigenvalue weighted by Gasteiger charge is -2.14. The van der Waals surface area contributed by atoms with Crippen LogP contribution in [-0.2, 0) is 32.5 Å². The van der Waals surface area contributed by atoms with Gasteiger partial charge < -0.3 is 0 Å². The maximum Gasteiger partial charge on any atom is 0.332 e. The summed E-state index contributed by atoms with van der Waals surface area (Å²) >= 11 is 6.10. The topological polar surface area (TPSA) is 74.2 Å². The molecule has 0 unspecified atom stereocenters. The Morgan fingerprint density at radius 2 is 1.88 bits per heavy atom. The highest BCUT2D eigenvalue weighted by Gasteiger charge is 2.24. The number of fused-ring (bicyclic) bond motifs is 1. The van der Waals surface area contributed by atoms with Gasteiger partial charge in [0.05, 0.1) is 18.3 Å². The second kappa shape index (κ2) is 10.3. The van der Waals surface area contributed by atoms with Crippen LogP contribution in [0.2, 0.25) is 0 Å². The molecular formula is C24H27ClFN5O2. The number of rotatable bonds is 10. The van der Waals surface area contributed by atoms with E-state index in [9.17, 15) is 14.0 Å². The zero-order valence-electron chi connectivity index (χ0n) is 18.6. The van der Waals surface area contributed by atoms with Crippen LogP contribution in [0, 0.1) is 5.82 Å². The smallest absolute Gasteiger partial charge is 0.278 e. The van der Waals surface area contributed by atoms with E-state index in [2.05, 4.69) is 17.0 Å². The Morgan fingerprint density at radius 3 is 2.67 bits per heavy atom. The Morgan fingerprint density at radius 1 is 1.09 bits per heavy atom. The molecule has 1 aromatic carbocycles. The van der Waals surface area contributed by atoms with Gasteiger partial charge in [-0.1, -0.05) is 49.6 Å². The Bertz CT molecular complexity index is 1290. The fourth-order valence-electron chi connectivity index (χ4n) is 4.11. The Hall–Kier alpha value is -3.00. The summed E-state index contributed by atoms with van der Waals surface area (Å²) < 4.78 is 18.5. The molecule has 9 heteroatoms. The molecule has 7 nitrogen and oxygen atoms in total. The van der Waals surface area contributed by atoms with Crippen LogP contribution in [-0.4, -0.2) is 24.1 Å². The number of aryl methyl sites for hydroxylation is 1. The molecule has 0 fully saturated rings. The third-order valence-corrected chi connectivity index (χ3v) is 6.07. The predicted molar refractivity (Wildman–Crippen MR) is 127 cm³/mol. The van der Waals surface area contributed by atoms with Crippen LogP contribution in [0.1, 0.15) is 49.3 Å². The highest BCUT2D eigenvalue weighted by molar-refractivity contribution is 6.66. The minimum atomic E-state index is -0.333. The van der Waals surface area contributed by atoms with Gasteiger partial charge in [-0.2, -0.15) is 5.10 Å². The summed E-state index contributed by atoms with van der Waals surface area (Å²) in [6.45, 7) is 3.27. The molecule has 174 valence electrons. The van der Waals surface area contributed by atoms with E-state index in [1.807, 2.05) is 6.20 Å². The number of aromatic nitrogens is 4. The van der Waals surface area contributed by atoms with Gasteiger partial charge in [-0.15, -0.1) is 0 Å². The normalized spacial score (nSPS) is 12.8. The van der Waals surface area contributed by atoms with Gasteiger partial charge in [0.15, 0.2) is 0 Å². The monoisotopic (exact) mass is 471 g/mol. The Kier molecular flexibility index (Phi) is 7.23. The zero-order chi connectivity index (χ0) is 23.4. The molecule has 1 aliphatic heterocycles. The van der Waals surface area contributed by atoms with Crippen molar-refractivity contribution in [1.82, 2.24) is 18.9 Å². The molecule has 1 aliphatic rings. The summed E-state index contributed by atoms with van der Waals surface area (Å²) in [6.07, 6.45) is 8.00. The number of unbranched alkanes of at least 4 members (excludes halogenated alkanes) is 2. The van der Waals surface area contributed by atoms with Gasteiger partial charge in [-0.25, -0.2) is 14.2 Å². The predicted octanol–water partition coefficient (Wildman–Crippen LogP) is 4.04. The largest absolute Gasteiger partial charge is 0.332 e. The minimum Gasteiger partial charge on any atom is -0.278 e. The van der Waals surface area contributed by atoms with Crippen molar-refractivity contribution in [3.63, 3.8) is 0 Å². The molecule has 0 bridgehead atoms. The van der Waals surface area contributed by atoms with E-state index < -0.39 is 0 Å². The van der Waals surface area contributed by atoms with Gasteiger partial charge in [0.25, 0.3) is 5.56 Å². The molecule has 0 aliphatic carbocycles. The molecule has 2 aromatic heterocycles. The number of halogens is 2. The zero-order valence-corrected chi connectivity index (χ0v) is 19.4. The lowest BCUT2D eigenvalue weighted by Crippen LogP contribution is -2.41. The molecule has 0 saturated heterocycles. The number of hydrogen-bond acceptors (Lipinski definition) is 4. The van der Waals surface area contributed by atoms with E-state index in [1.165, 1.54) is 10.6 Å². The molecule has 0 amide bonds. The fourth-order valence-corrected chi connectivity index (χ4v) is 4.32.